The van der Waals surface area contributed by atoms with Crippen molar-refractivity contribution in [2.24, 2.45) is 7.05 Å². The molecule has 23 heavy (non-hydrogen) atoms. The Morgan fingerprint density at radius 3 is 2.48 bits per heavy atom. The molecule has 0 atom stereocenters. The maximum Gasteiger partial charge on any atom is 0.212 e. The van der Waals surface area contributed by atoms with E-state index in [0.29, 0.717) is 0 Å². The van der Waals surface area contributed by atoms with Crippen LogP contribution in [0.5, 0.6) is 0 Å². The summed E-state index contributed by atoms with van der Waals surface area (Å²) in [5, 5.41) is 7.67. The molecule has 0 bridgehead atoms. The first-order valence-corrected chi connectivity index (χ1v) is 7.78. The van der Waals surface area contributed by atoms with E-state index in [-0.39, 0.29) is 0 Å². The Kier molecular flexibility index (Phi) is 4.29. The summed E-state index contributed by atoms with van der Waals surface area (Å²) in [6.45, 7) is 0. The van der Waals surface area contributed by atoms with Gasteiger partial charge in [0.05, 0.1) is 0 Å². The quantitative estimate of drug-likeness (QED) is 0.715. The minimum atomic E-state index is 1.10. The van der Waals surface area contributed by atoms with E-state index in [2.05, 4.69) is 89.0 Å². The van der Waals surface area contributed by atoms with Crippen molar-refractivity contribution < 1.29 is 4.57 Å². The van der Waals surface area contributed by atoms with Gasteiger partial charge in [-0.1, -0.05) is 18.2 Å². The van der Waals surface area contributed by atoms with Crippen molar-refractivity contribution in [1.29, 1.82) is 0 Å². The fourth-order valence-electron chi connectivity index (χ4n) is 2.78. The second kappa shape index (κ2) is 6.53. The molecule has 0 fully saturated rings. The number of anilines is 2. The van der Waals surface area contributed by atoms with Crippen molar-refractivity contribution in [2.75, 3.05) is 24.7 Å². The van der Waals surface area contributed by atoms with Gasteiger partial charge >= 0.3 is 0 Å². The van der Waals surface area contributed by atoms with E-state index in [1.165, 1.54) is 22.2 Å². The highest BCUT2D eigenvalue weighted by Crippen LogP contribution is 2.22. The van der Waals surface area contributed by atoms with Crippen molar-refractivity contribution in [2.45, 2.75) is 0 Å². The van der Waals surface area contributed by atoms with Gasteiger partial charge in [0.1, 0.15) is 7.05 Å². The Balaban J connectivity index is 1.99. The van der Waals surface area contributed by atoms with Crippen molar-refractivity contribution >= 4 is 34.4 Å². The van der Waals surface area contributed by atoms with Crippen LogP contribution in [-0.2, 0) is 7.05 Å². The number of para-hydroxylation sites is 1. The van der Waals surface area contributed by atoms with Gasteiger partial charge in [-0.3, -0.25) is 0 Å². The number of hydrogen-bond donors (Lipinski definition) is 2. The van der Waals surface area contributed by atoms with Gasteiger partial charge in [0, 0.05) is 49.1 Å². The van der Waals surface area contributed by atoms with E-state index in [4.69, 9.17) is 0 Å². The third-order valence-electron chi connectivity index (χ3n) is 4.16. The Hall–Kier alpha value is -2.81. The summed E-state index contributed by atoms with van der Waals surface area (Å²) < 4.78 is 2.22. The molecule has 0 aliphatic heterocycles. The molecule has 0 aliphatic rings. The van der Waals surface area contributed by atoms with Crippen molar-refractivity contribution in [3.05, 3.63) is 65.9 Å². The minimum Gasteiger partial charge on any atom is -0.388 e. The zero-order valence-corrected chi connectivity index (χ0v) is 13.8. The number of fused-ring (bicyclic) bond motifs is 1. The molecule has 0 saturated heterocycles. The third-order valence-corrected chi connectivity index (χ3v) is 4.16. The SMILES string of the molecule is CNc1ccc(C=Cc2ccc3ccccc3[n+]2C)c(NC)c1. The smallest absolute Gasteiger partial charge is 0.212 e. The second-order valence-electron chi connectivity index (χ2n) is 5.51. The number of nitrogens with zero attached hydrogens (tertiary/aromatic N) is 1. The van der Waals surface area contributed by atoms with Crippen LogP contribution >= 0.6 is 0 Å². The van der Waals surface area contributed by atoms with Gasteiger partial charge in [-0.05, 0) is 35.9 Å². The number of aryl methyl sites for hydroxylation is 1. The maximum atomic E-state index is 3.25. The zero-order chi connectivity index (χ0) is 16.2. The summed E-state index contributed by atoms with van der Waals surface area (Å²) in [7, 11) is 5.98. The van der Waals surface area contributed by atoms with Crippen LogP contribution in [0.25, 0.3) is 23.1 Å². The maximum absolute atomic E-state index is 3.25. The van der Waals surface area contributed by atoms with Gasteiger partial charge < -0.3 is 10.6 Å². The normalized spacial score (nSPS) is 11.1. The summed E-state index contributed by atoms with van der Waals surface area (Å²) in [6.07, 6.45) is 4.30. The highest BCUT2D eigenvalue weighted by molar-refractivity contribution is 5.80. The molecule has 3 nitrogen and oxygen atoms in total. The Morgan fingerprint density at radius 1 is 0.870 bits per heavy atom. The second-order valence-corrected chi connectivity index (χ2v) is 5.51. The predicted octanol–water partition coefficient (Wildman–Crippen LogP) is 3.92. The zero-order valence-electron chi connectivity index (χ0n) is 13.8. The molecular weight excluding hydrogens is 282 g/mol. The van der Waals surface area contributed by atoms with Crippen molar-refractivity contribution in [1.82, 2.24) is 0 Å². The molecule has 0 amide bonds. The molecule has 0 aliphatic carbocycles. The largest absolute Gasteiger partial charge is 0.388 e. The molecule has 2 aromatic carbocycles. The number of rotatable bonds is 4. The van der Waals surface area contributed by atoms with Crippen LogP contribution in [-0.4, -0.2) is 14.1 Å². The van der Waals surface area contributed by atoms with E-state index in [1.54, 1.807) is 0 Å². The van der Waals surface area contributed by atoms with E-state index in [0.717, 1.165) is 11.4 Å². The van der Waals surface area contributed by atoms with Gasteiger partial charge in [0.2, 0.25) is 11.2 Å². The van der Waals surface area contributed by atoms with Crippen molar-refractivity contribution in [3.8, 4) is 0 Å². The molecule has 0 radical (unpaired) electrons. The average molecular weight is 304 g/mol. The van der Waals surface area contributed by atoms with E-state index in [1.807, 2.05) is 14.1 Å². The van der Waals surface area contributed by atoms with Crippen LogP contribution in [0.4, 0.5) is 11.4 Å². The van der Waals surface area contributed by atoms with Gasteiger partial charge in [0.25, 0.3) is 0 Å². The fraction of sp³-hybridized carbons (Fsp3) is 0.150. The molecule has 0 unspecified atom stereocenters. The summed E-state index contributed by atoms with van der Waals surface area (Å²) in [6, 6.07) is 19.1. The summed E-state index contributed by atoms with van der Waals surface area (Å²) in [5.41, 5.74) is 5.77. The number of hydrogen-bond acceptors (Lipinski definition) is 2. The van der Waals surface area contributed by atoms with Gasteiger partial charge in [-0.15, -0.1) is 0 Å². The van der Waals surface area contributed by atoms with Crippen LogP contribution in [0.3, 0.4) is 0 Å². The van der Waals surface area contributed by atoms with E-state index < -0.39 is 0 Å². The van der Waals surface area contributed by atoms with Crippen LogP contribution < -0.4 is 15.2 Å². The molecule has 0 spiro atoms. The highest BCUT2D eigenvalue weighted by Gasteiger charge is 2.08. The Bertz CT molecular complexity index is 866. The molecule has 3 aromatic rings. The van der Waals surface area contributed by atoms with Crippen molar-refractivity contribution in [3.63, 3.8) is 0 Å². The molecule has 3 heteroatoms. The highest BCUT2D eigenvalue weighted by atomic mass is 14.9. The van der Waals surface area contributed by atoms with Crippen LogP contribution in [0.1, 0.15) is 11.3 Å². The Labute approximate surface area is 137 Å². The lowest BCUT2D eigenvalue weighted by molar-refractivity contribution is -0.646. The van der Waals surface area contributed by atoms with Crippen LogP contribution in [0.2, 0.25) is 0 Å². The molecule has 3 rings (SSSR count). The van der Waals surface area contributed by atoms with Crippen LogP contribution in [0, 0.1) is 0 Å². The minimum absolute atomic E-state index is 1.10. The standard InChI is InChI=1S/C20H21N3/c1-21-17-11-8-15(19(14-17)22-2)9-12-18-13-10-16-6-4-5-7-20(16)23(18)3/h4-14H,1-3H3,(H,21,22)/p+1. The lowest BCUT2D eigenvalue weighted by Gasteiger charge is -2.08. The first-order chi connectivity index (χ1) is 11.2. The number of benzene rings is 2. The fourth-order valence-corrected chi connectivity index (χ4v) is 2.78. The summed E-state index contributed by atoms with van der Waals surface area (Å²) in [4.78, 5) is 0. The number of aromatic nitrogens is 1. The lowest BCUT2D eigenvalue weighted by Crippen LogP contribution is -2.32. The van der Waals surface area contributed by atoms with Gasteiger partial charge in [-0.25, -0.2) is 0 Å². The molecule has 2 N–H and O–H groups in total. The molecule has 1 heterocycles. The lowest BCUT2D eigenvalue weighted by atomic mass is 10.1. The third kappa shape index (κ3) is 3.04. The first-order valence-electron chi connectivity index (χ1n) is 7.78. The Morgan fingerprint density at radius 2 is 1.70 bits per heavy atom. The summed E-state index contributed by atoms with van der Waals surface area (Å²) in [5.74, 6) is 0. The topological polar surface area (TPSA) is 27.9 Å². The molecule has 0 saturated carbocycles. The molecule has 1 aromatic heterocycles. The van der Waals surface area contributed by atoms with E-state index >= 15 is 0 Å². The van der Waals surface area contributed by atoms with E-state index in [9.17, 15) is 0 Å². The first kappa shape index (κ1) is 15.1. The van der Waals surface area contributed by atoms with Crippen LogP contribution in [0.15, 0.2) is 54.6 Å². The van der Waals surface area contributed by atoms with Gasteiger partial charge in [0.15, 0.2) is 0 Å². The average Bonchev–Trinajstić information content (AvgIpc) is 2.61. The summed E-state index contributed by atoms with van der Waals surface area (Å²) >= 11 is 0. The monoisotopic (exact) mass is 304 g/mol. The number of pyridine rings is 1. The molecular formula is C20H22N3+. The number of nitrogens with one attached hydrogen (secondary N) is 2. The molecule has 116 valence electrons. The predicted molar refractivity (Wildman–Crippen MR) is 99.6 cm³/mol. The van der Waals surface area contributed by atoms with Gasteiger partial charge in [-0.2, -0.15) is 4.57 Å².